The lowest BCUT2D eigenvalue weighted by Crippen LogP contribution is -2.04. The summed E-state index contributed by atoms with van der Waals surface area (Å²) in [5.74, 6) is 2.62. The van der Waals surface area contributed by atoms with Crippen LogP contribution in [0.3, 0.4) is 0 Å². The average molecular weight is 125 g/mol. The largest absolute Gasteiger partial charge is 0.314 e. The summed E-state index contributed by atoms with van der Waals surface area (Å²) in [6.45, 7) is 9.20. The van der Waals surface area contributed by atoms with Crippen LogP contribution in [0.5, 0.6) is 0 Å². The molecule has 1 fully saturated rings. The van der Waals surface area contributed by atoms with Gasteiger partial charge in [0.2, 0.25) is 0 Å². The van der Waals surface area contributed by atoms with Crippen LogP contribution in [0.2, 0.25) is 0 Å². The Morgan fingerprint density at radius 1 is 1.56 bits per heavy atom. The lowest BCUT2D eigenvalue weighted by molar-refractivity contribution is 0.515. The number of hydrogen-bond acceptors (Lipinski definition) is 0. The first-order valence-electron chi connectivity index (χ1n) is 3.92. The minimum Gasteiger partial charge on any atom is -0.314 e. The molecule has 0 heteroatoms. The van der Waals surface area contributed by atoms with Gasteiger partial charge in [0, 0.05) is 0 Å². The van der Waals surface area contributed by atoms with Gasteiger partial charge in [0.25, 0.3) is 0 Å². The molecule has 0 saturated heterocycles. The zero-order valence-corrected chi connectivity index (χ0v) is 6.99. The van der Waals surface area contributed by atoms with Crippen LogP contribution in [0.15, 0.2) is 0 Å². The summed E-state index contributed by atoms with van der Waals surface area (Å²) in [7, 11) is 0. The molecule has 0 amide bonds. The van der Waals surface area contributed by atoms with Gasteiger partial charge in [0.05, 0.1) is 0 Å². The molecule has 1 aliphatic rings. The van der Waals surface area contributed by atoms with Crippen molar-refractivity contribution < 1.29 is 0 Å². The molecule has 0 radical (unpaired) electrons. The Balaban J connectivity index is 2.42. The Morgan fingerprint density at radius 3 is 2.22 bits per heavy atom. The third-order valence-corrected chi connectivity index (χ3v) is 3.05. The lowest BCUT2D eigenvalue weighted by atomic mass is 9.91. The molecule has 1 aliphatic carbocycles. The maximum atomic E-state index is 2.39. The van der Waals surface area contributed by atoms with E-state index in [2.05, 4.69) is 27.7 Å². The highest BCUT2D eigenvalue weighted by Crippen LogP contribution is 2.59. The third-order valence-electron chi connectivity index (χ3n) is 3.05. The van der Waals surface area contributed by atoms with E-state index in [4.69, 9.17) is 0 Å². The third kappa shape index (κ3) is 0.997. The molecule has 1 rings (SSSR count). The zero-order chi connectivity index (χ0) is 7.07. The monoisotopic (exact) mass is 125 g/mol. The van der Waals surface area contributed by atoms with Crippen molar-refractivity contribution in [2.24, 2.45) is 11.3 Å². The highest BCUT2D eigenvalue weighted by atomic mass is 14.5. The molecule has 0 aromatic heterocycles. The Hall–Kier alpha value is 0. The number of hydrogen-bond donors (Lipinski definition) is 0. The minimum absolute atomic E-state index is 0.634. The predicted molar refractivity (Wildman–Crippen MR) is 41.1 cm³/mol. The summed E-state index contributed by atoms with van der Waals surface area (Å²) in [6, 6.07) is 0. The molecule has 9 heavy (non-hydrogen) atoms. The second-order valence-corrected chi connectivity index (χ2v) is 3.73. The maximum Gasteiger partial charge on any atom is -0.0553 e. The maximum absolute atomic E-state index is 2.39. The van der Waals surface area contributed by atoms with Crippen LogP contribution in [0, 0.1) is 17.3 Å². The Morgan fingerprint density at radius 2 is 2.11 bits per heavy atom. The van der Waals surface area contributed by atoms with Gasteiger partial charge in [-0.15, -0.1) is 0 Å². The average Bonchev–Trinajstić information content (AvgIpc) is 2.44. The van der Waals surface area contributed by atoms with E-state index < -0.39 is 0 Å². The van der Waals surface area contributed by atoms with Gasteiger partial charge >= 0.3 is 0 Å². The van der Waals surface area contributed by atoms with Gasteiger partial charge in [-0.05, 0) is 0 Å². The zero-order valence-electron chi connectivity index (χ0n) is 6.99. The molecule has 0 heterocycles. The molecule has 0 spiro atoms. The van der Waals surface area contributed by atoms with Gasteiger partial charge in [-0.2, -0.15) is 19.3 Å². The van der Waals surface area contributed by atoms with Crippen LogP contribution in [0.4, 0.5) is 0 Å². The molecule has 0 aromatic carbocycles. The molecular formula is C9H17-. The van der Waals surface area contributed by atoms with Crippen LogP contribution < -0.4 is 0 Å². The van der Waals surface area contributed by atoms with Gasteiger partial charge in [-0.3, -0.25) is 0 Å². The van der Waals surface area contributed by atoms with Crippen molar-refractivity contribution in [2.75, 3.05) is 0 Å². The van der Waals surface area contributed by atoms with Crippen molar-refractivity contribution in [3.63, 3.8) is 0 Å². The fourth-order valence-corrected chi connectivity index (χ4v) is 1.66. The van der Waals surface area contributed by atoms with Crippen LogP contribution >= 0.6 is 0 Å². The first-order chi connectivity index (χ1) is 4.11. The Labute approximate surface area is 58.7 Å². The summed E-state index contributed by atoms with van der Waals surface area (Å²) in [5.41, 5.74) is 0.634. The van der Waals surface area contributed by atoms with E-state index in [9.17, 15) is 0 Å². The molecule has 2 atom stereocenters. The summed E-state index contributed by atoms with van der Waals surface area (Å²) in [6.07, 6.45) is 2.80. The summed E-state index contributed by atoms with van der Waals surface area (Å²) < 4.78 is 0. The van der Waals surface area contributed by atoms with Crippen molar-refractivity contribution >= 4 is 0 Å². The summed E-state index contributed by atoms with van der Waals surface area (Å²) in [4.78, 5) is 0. The van der Waals surface area contributed by atoms with Crippen molar-refractivity contribution in [2.45, 2.75) is 40.5 Å². The topological polar surface area (TPSA) is 0 Å². The predicted octanol–water partition coefficient (Wildman–Crippen LogP) is 3.04. The smallest absolute Gasteiger partial charge is 0.0553 e. The van der Waals surface area contributed by atoms with E-state index in [1.165, 1.54) is 12.8 Å². The first kappa shape index (κ1) is 7.11. The van der Waals surface area contributed by atoms with Crippen molar-refractivity contribution in [1.29, 1.82) is 0 Å². The highest BCUT2D eigenvalue weighted by Gasteiger charge is 2.41. The quantitative estimate of drug-likeness (QED) is 0.498. The van der Waals surface area contributed by atoms with E-state index in [1.807, 2.05) is 0 Å². The SMILES string of the molecule is CCC1CC1(C)[C-](C)C. The van der Waals surface area contributed by atoms with Gasteiger partial charge < -0.3 is 5.92 Å². The van der Waals surface area contributed by atoms with Crippen molar-refractivity contribution in [3.05, 3.63) is 5.92 Å². The molecule has 2 unspecified atom stereocenters. The van der Waals surface area contributed by atoms with E-state index >= 15 is 0 Å². The standard InChI is InChI=1S/C9H17/c1-5-8-6-9(8,4)7(2)3/h8H,5-6H2,1-4H3/q-1. The Bertz CT molecular complexity index is 105. The van der Waals surface area contributed by atoms with Gasteiger partial charge in [0.15, 0.2) is 0 Å². The molecule has 1 saturated carbocycles. The summed E-state index contributed by atoms with van der Waals surface area (Å²) >= 11 is 0. The van der Waals surface area contributed by atoms with E-state index in [0.29, 0.717) is 5.41 Å². The van der Waals surface area contributed by atoms with Crippen LogP contribution in [0.1, 0.15) is 40.5 Å². The molecule has 54 valence electrons. The molecule has 0 aliphatic heterocycles. The van der Waals surface area contributed by atoms with Crippen molar-refractivity contribution in [3.8, 4) is 0 Å². The van der Waals surface area contributed by atoms with E-state index in [-0.39, 0.29) is 0 Å². The Kier molecular flexibility index (Phi) is 1.58. The molecule has 0 nitrogen and oxygen atoms in total. The molecule has 0 N–H and O–H groups in total. The van der Waals surface area contributed by atoms with Crippen molar-refractivity contribution in [1.82, 2.24) is 0 Å². The van der Waals surface area contributed by atoms with Crippen LogP contribution in [-0.2, 0) is 0 Å². The number of rotatable bonds is 2. The highest BCUT2D eigenvalue weighted by molar-refractivity contribution is 5.12. The van der Waals surface area contributed by atoms with E-state index in [1.54, 1.807) is 5.92 Å². The fraction of sp³-hybridized carbons (Fsp3) is 0.889. The second kappa shape index (κ2) is 2.00. The molecular weight excluding hydrogens is 108 g/mol. The van der Waals surface area contributed by atoms with Crippen LogP contribution in [-0.4, -0.2) is 0 Å². The van der Waals surface area contributed by atoms with E-state index in [0.717, 1.165) is 5.92 Å². The second-order valence-electron chi connectivity index (χ2n) is 3.73. The van der Waals surface area contributed by atoms with Gasteiger partial charge in [-0.25, -0.2) is 0 Å². The molecule has 0 aromatic rings. The molecule has 0 bridgehead atoms. The van der Waals surface area contributed by atoms with Crippen LogP contribution in [0.25, 0.3) is 0 Å². The fourth-order valence-electron chi connectivity index (χ4n) is 1.66. The minimum atomic E-state index is 0.634. The van der Waals surface area contributed by atoms with Gasteiger partial charge in [0.1, 0.15) is 0 Å². The first-order valence-corrected chi connectivity index (χ1v) is 3.92. The normalized spacial score (nSPS) is 41.7. The van der Waals surface area contributed by atoms with Gasteiger partial charge in [-0.1, -0.05) is 32.6 Å². The summed E-state index contributed by atoms with van der Waals surface area (Å²) in [5, 5.41) is 0. The lowest BCUT2D eigenvalue weighted by Gasteiger charge is -2.29.